The quantitative estimate of drug-likeness (QED) is 0.917. The van der Waals surface area contributed by atoms with Gasteiger partial charge in [-0.05, 0) is 50.0 Å². The van der Waals surface area contributed by atoms with Crippen LogP contribution in [0.1, 0.15) is 37.5 Å². The summed E-state index contributed by atoms with van der Waals surface area (Å²) in [6.45, 7) is 0.823. The van der Waals surface area contributed by atoms with Gasteiger partial charge < -0.3 is 14.5 Å². The second-order valence-electron chi connectivity index (χ2n) is 5.60. The summed E-state index contributed by atoms with van der Waals surface area (Å²) in [5.74, 6) is 1.46. The van der Waals surface area contributed by atoms with Gasteiger partial charge in [0.1, 0.15) is 11.6 Å². The van der Waals surface area contributed by atoms with Crippen molar-refractivity contribution in [2.75, 3.05) is 11.9 Å². The molecule has 1 unspecified atom stereocenters. The molecule has 1 aliphatic carbocycles. The summed E-state index contributed by atoms with van der Waals surface area (Å²) in [4.78, 5) is 4.58. The van der Waals surface area contributed by atoms with E-state index in [1.807, 2.05) is 12.1 Å². The highest BCUT2D eigenvalue weighted by Crippen LogP contribution is 2.40. The molecule has 2 aromatic rings. The van der Waals surface area contributed by atoms with Crippen LogP contribution in [0, 0.1) is 0 Å². The smallest absolute Gasteiger partial charge is 0.198 e. The number of nitrogens with zero attached hydrogens (tertiary/aromatic N) is 1. The maximum Gasteiger partial charge on any atom is 0.198 e. The first-order chi connectivity index (χ1) is 9.88. The van der Waals surface area contributed by atoms with Crippen molar-refractivity contribution in [3.05, 3.63) is 36.4 Å². The number of benzene rings is 1. The normalized spacial score (nSPS) is 21.9. The van der Waals surface area contributed by atoms with E-state index in [9.17, 15) is 0 Å². The lowest BCUT2D eigenvalue weighted by atomic mass is 10.1. The van der Waals surface area contributed by atoms with E-state index in [-0.39, 0.29) is 6.10 Å². The molecule has 1 aromatic heterocycles. The molecule has 1 fully saturated rings. The summed E-state index contributed by atoms with van der Waals surface area (Å²) in [7, 11) is 0. The summed E-state index contributed by atoms with van der Waals surface area (Å²) in [6, 6.07) is 6.10. The van der Waals surface area contributed by atoms with Crippen LogP contribution in [0.15, 0.2) is 35.0 Å². The van der Waals surface area contributed by atoms with Gasteiger partial charge >= 0.3 is 0 Å². The molecule has 0 radical (unpaired) electrons. The number of oxazole rings is 1. The fourth-order valence-corrected chi connectivity index (χ4v) is 2.53. The van der Waals surface area contributed by atoms with Crippen molar-refractivity contribution < 1.29 is 9.15 Å². The second kappa shape index (κ2) is 4.85. The SMILES string of the molecule is C1=COC(CNc2ccc3oc(C4CC4)nc3c2)CC1. The van der Waals surface area contributed by atoms with E-state index in [1.54, 1.807) is 6.26 Å². The Morgan fingerprint density at radius 1 is 1.25 bits per heavy atom. The number of anilines is 1. The monoisotopic (exact) mass is 270 g/mol. The summed E-state index contributed by atoms with van der Waals surface area (Å²) in [5, 5.41) is 3.42. The molecule has 104 valence electrons. The van der Waals surface area contributed by atoms with Gasteiger partial charge in [0.25, 0.3) is 0 Å². The predicted octanol–water partition coefficient (Wildman–Crippen LogP) is 3.81. The van der Waals surface area contributed by atoms with E-state index < -0.39 is 0 Å². The first-order valence-corrected chi connectivity index (χ1v) is 7.33. The number of hydrogen-bond acceptors (Lipinski definition) is 4. The van der Waals surface area contributed by atoms with E-state index in [2.05, 4.69) is 22.4 Å². The fraction of sp³-hybridized carbons (Fsp3) is 0.438. The summed E-state index contributed by atoms with van der Waals surface area (Å²) in [5.41, 5.74) is 2.90. The van der Waals surface area contributed by atoms with Gasteiger partial charge in [0, 0.05) is 11.6 Å². The van der Waals surface area contributed by atoms with Gasteiger partial charge in [0.05, 0.1) is 12.8 Å². The molecule has 1 saturated carbocycles. The number of nitrogens with one attached hydrogen (secondary N) is 1. The van der Waals surface area contributed by atoms with Crippen LogP contribution in [0.2, 0.25) is 0 Å². The Balaban J connectivity index is 1.47. The lowest BCUT2D eigenvalue weighted by Crippen LogP contribution is -2.22. The topological polar surface area (TPSA) is 47.3 Å². The van der Waals surface area contributed by atoms with E-state index in [4.69, 9.17) is 9.15 Å². The lowest BCUT2D eigenvalue weighted by molar-refractivity contribution is 0.135. The Morgan fingerprint density at radius 3 is 3.00 bits per heavy atom. The van der Waals surface area contributed by atoms with Crippen molar-refractivity contribution in [1.82, 2.24) is 4.98 Å². The highest BCUT2D eigenvalue weighted by Gasteiger charge is 2.28. The molecule has 4 rings (SSSR count). The number of fused-ring (bicyclic) bond motifs is 1. The third-order valence-corrected chi connectivity index (χ3v) is 3.89. The minimum absolute atomic E-state index is 0.259. The average Bonchev–Trinajstić information content (AvgIpc) is 3.26. The van der Waals surface area contributed by atoms with Crippen LogP contribution < -0.4 is 5.32 Å². The maximum atomic E-state index is 5.77. The third-order valence-electron chi connectivity index (χ3n) is 3.89. The van der Waals surface area contributed by atoms with Crippen LogP contribution in [0.3, 0.4) is 0 Å². The van der Waals surface area contributed by atoms with Crippen molar-refractivity contribution in [3.63, 3.8) is 0 Å². The van der Waals surface area contributed by atoms with Crippen molar-refractivity contribution in [2.24, 2.45) is 0 Å². The molecule has 0 spiro atoms. The Labute approximate surface area is 117 Å². The van der Waals surface area contributed by atoms with Crippen LogP contribution in [0.4, 0.5) is 5.69 Å². The molecule has 0 saturated heterocycles. The van der Waals surface area contributed by atoms with Crippen molar-refractivity contribution in [1.29, 1.82) is 0 Å². The molecule has 1 N–H and O–H groups in total. The number of rotatable bonds is 4. The van der Waals surface area contributed by atoms with Gasteiger partial charge in [-0.15, -0.1) is 0 Å². The van der Waals surface area contributed by atoms with Gasteiger partial charge in [-0.25, -0.2) is 4.98 Å². The van der Waals surface area contributed by atoms with Gasteiger partial charge in [-0.1, -0.05) is 0 Å². The molecule has 0 bridgehead atoms. The van der Waals surface area contributed by atoms with Gasteiger partial charge in [-0.3, -0.25) is 0 Å². The fourth-order valence-electron chi connectivity index (χ4n) is 2.53. The summed E-state index contributed by atoms with van der Waals surface area (Å²) >= 11 is 0. The van der Waals surface area contributed by atoms with Crippen LogP contribution >= 0.6 is 0 Å². The van der Waals surface area contributed by atoms with Crippen molar-refractivity contribution in [2.45, 2.75) is 37.7 Å². The number of hydrogen-bond donors (Lipinski definition) is 1. The van der Waals surface area contributed by atoms with Crippen LogP contribution in [0.25, 0.3) is 11.1 Å². The van der Waals surface area contributed by atoms with Crippen LogP contribution in [-0.4, -0.2) is 17.6 Å². The van der Waals surface area contributed by atoms with Gasteiger partial charge in [-0.2, -0.15) is 0 Å². The highest BCUT2D eigenvalue weighted by atomic mass is 16.5. The zero-order valence-corrected chi connectivity index (χ0v) is 11.3. The average molecular weight is 270 g/mol. The van der Waals surface area contributed by atoms with Crippen LogP contribution in [-0.2, 0) is 4.74 Å². The molecule has 1 aliphatic heterocycles. The Morgan fingerprint density at radius 2 is 2.20 bits per heavy atom. The third kappa shape index (κ3) is 2.38. The molecule has 1 aromatic carbocycles. The van der Waals surface area contributed by atoms with E-state index in [0.717, 1.165) is 42.1 Å². The number of ether oxygens (including phenoxy) is 1. The first-order valence-electron chi connectivity index (χ1n) is 7.33. The second-order valence-corrected chi connectivity index (χ2v) is 5.60. The largest absolute Gasteiger partial charge is 0.497 e. The standard InChI is InChI=1S/C16H18N2O2/c1-2-8-19-13(3-1)10-17-12-6-7-15-14(9-12)18-16(20-15)11-4-5-11/h2,6-9,11,13,17H,1,3-5,10H2. The minimum Gasteiger partial charge on any atom is -0.497 e. The van der Waals surface area contributed by atoms with Crippen LogP contribution in [0.5, 0.6) is 0 Å². The highest BCUT2D eigenvalue weighted by molar-refractivity contribution is 5.77. The zero-order chi connectivity index (χ0) is 13.4. The summed E-state index contributed by atoms with van der Waals surface area (Å²) in [6.07, 6.45) is 8.72. The Kier molecular flexibility index (Phi) is 2.87. The Bertz CT molecular complexity index is 643. The molecule has 2 heterocycles. The molecular weight excluding hydrogens is 252 g/mol. The molecule has 4 heteroatoms. The number of allylic oxidation sites excluding steroid dienone is 1. The van der Waals surface area contributed by atoms with Crippen molar-refractivity contribution in [3.8, 4) is 0 Å². The van der Waals surface area contributed by atoms with E-state index >= 15 is 0 Å². The van der Waals surface area contributed by atoms with Gasteiger partial charge in [0.15, 0.2) is 11.5 Å². The van der Waals surface area contributed by atoms with Gasteiger partial charge in [0.2, 0.25) is 0 Å². The molecule has 1 atom stereocenters. The predicted molar refractivity (Wildman–Crippen MR) is 77.7 cm³/mol. The van der Waals surface area contributed by atoms with E-state index in [1.165, 1.54) is 12.8 Å². The lowest BCUT2D eigenvalue weighted by Gasteiger charge is -2.20. The molecule has 4 nitrogen and oxygen atoms in total. The zero-order valence-electron chi connectivity index (χ0n) is 11.3. The molecule has 0 amide bonds. The Hall–Kier alpha value is -1.97. The molecule has 2 aliphatic rings. The maximum absolute atomic E-state index is 5.77. The summed E-state index contributed by atoms with van der Waals surface area (Å²) < 4.78 is 11.3. The first kappa shape index (κ1) is 11.8. The van der Waals surface area contributed by atoms with Crippen molar-refractivity contribution >= 4 is 16.8 Å². The molecule has 20 heavy (non-hydrogen) atoms. The molecular formula is C16H18N2O2. The minimum atomic E-state index is 0.259. The van der Waals surface area contributed by atoms with E-state index in [0.29, 0.717) is 5.92 Å². The number of aromatic nitrogens is 1.